The fourth-order valence-electron chi connectivity index (χ4n) is 3.22. The molecule has 0 saturated heterocycles. The van der Waals surface area contributed by atoms with E-state index in [-0.39, 0.29) is 0 Å². The highest BCUT2D eigenvalue weighted by Crippen LogP contribution is 2.27. The first-order valence-electron chi connectivity index (χ1n) is 9.74. The molecule has 0 aliphatic carbocycles. The Morgan fingerprint density at radius 3 is 2.77 bits per heavy atom. The SMILES string of the molecule is Cc1csc(Nc2nccc(-c3ccc(OC[C@@](C)(N)CC(C)C)c(C#N)c3)n2)n1. The summed E-state index contributed by atoms with van der Waals surface area (Å²) in [6.45, 7) is 8.49. The Morgan fingerprint density at radius 1 is 1.30 bits per heavy atom. The van der Waals surface area contributed by atoms with Gasteiger partial charge in [-0.05, 0) is 50.5 Å². The fraction of sp³-hybridized carbons (Fsp3) is 0.364. The first kappa shape index (κ1) is 21.7. The lowest BCUT2D eigenvalue weighted by molar-refractivity contribution is 0.206. The molecule has 30 heavy (non-hydrogen) atoms. The molecule has 0 bridgehead atoms. The minimum absolute atomic E-state index is 0.341. The Hall–Kier alpha value is -3.02. The van der Waals surface area contributed by atoms with Gasteiger partial charge in [-0.15, -0.1) is 11.3 Å². The van der Waals surface area contributed by atoms with E-state index in [9.17, 15) is 5.26 Å². The van der Waals surface area contributed by atoms with E-state index in [1.807, 2.05) is 25.3 Å². The lowest BCUT2D eigenvalue weighted by Crippen LogP contribution is -2.43. The highest BCUT2D eigenvalue weighted by Gasteiger charge is 2.22. The molecule has 2 aromatic heterocycles. The number of ether oxygens (including phenoxy) is 1. The van der Waals surface area contributed by atoms with Gasteiger partial charge in [-0.3, -0.25) is 0 Å². The predicted octanol–water partition coefficient (Wildman–Crippen LogP) is 4.67. The molecule has 0 unspecified atom stereocenters. The van der Waals surface area contributed by atoms with Crippen LogP contribution in [-0.4, -0.2) is 27.1 Å². The Morgan fingerprint density at radius 2 is 2.10 bits per heavy atom. The number of nitrogens with zero attached hydrogens (tertiary/aromatic N) is 4. The molecule has 3 N–H and O–H groups in total. The zero-order valence-electron chi connectivity index (χ0n) is 17.6. The maximum absolute atomic E-state index is 9.60. The molecule has 0 aliphatic rings. The topological polar surface area (TPSA) is 110 Å². The molecule has 2 heterocycles. The van der Waals surface area contributed by atoms with Crippen molar-refractivity contribution >= 4 is 22.4 Å². The van der Waals surface area contributed by atoms with Crippen LogP contribution in [-0.2, 0) is 0 Å². The van der Waals surface area contributed by atoms with Gasteiger partial charge >= 0.3 is 0 Å². The van der Waals surface area contributed by atoms with Crippen molar-refractivity contribution in [1.82, 2.24) is 15.0 Å². The Bertz CT molecular complexity index is 1050. The second-order valence-corrected chi connectivity index (χ2v) is 8.91. The van der Waals surface area contributed by atoms with Crippen LogP contribution in [0.1, 0.15) is 38.4 Å². The number of thiazole rings is 1. The highest BCUT2D eigenvalue weighted by molar-refractivity contribution is 7.13. The van der Waals surface area contributed by atoms with Crippen molar-refractivity contribution in [2.24, 2.45) is 11.7 Å². The molecule has 1 aromatic carbocycles. The van der Waals surface area contributed by atoms with Gasteiger partial charge in [0.05, 0.1) is 17.0 Å². The first-order chi connectivity index (χ1) is 14.3. The summed E-state index contributed by atoms with van der Waals surface area (Å²) >= 11 is 1.49. The molecule has 0 radical (unpaired) electrons. The summed E-state index contributed by atoms with van der Waals surface area (Å²) in [5, 5.41) is 15.4. The fourth-order valence-corrected chi connectivity index (χ4v) is 3.91. The number of nitriles is 1. The quantitative estimate of drug-likeness (QED) is 0.543. The van der Waals surface area contributed by atoms with Crippen molar-refractivity contribution in [3.8, 4) is 23.1 Å². The van der Waals surface area contributed by atoms with Crippen molar-refractivity contribution in [3.05, 3.63) is 47.1 Å². The number of benzene rings is 1. The van der Waals surface area contributed by atoms with Gasteiger partial charge in [0, 0.05) is 22.7 Å². The monoisotopic (exact) mass is 422 g/mol. The Balaban J connectivity index is 1.77. The zero-order valence-corrected chi connectivity index (χ0v) is 18.5. The molecular formula is C22H26N6OS. The first-order valence-corrected chi connectivity index (χ1v) is 10.6. The lowest BCUT2D eigenvalue weighted by Gasteiger charge is -2.26. The molecular weight excluding hydrogens is 396 g/mol. The minimum atomic E-state index is -0.457. The normalized spacial score (nSPS) is 13.0. The van der Waals surface area contributed by atoms with Crippen LogP contribution in [0, 0.1) is 24.2 Å². The number of hydrogen-bond donors (Lipinski definition) is 2. The van der Waals surface area contributed by atoms with Crippen LogP contribution in [0.2, 0.25) is 0 Å². The molecule has 156 valence electrons. The molecule has 8 heteroatoms. The van der Waals surface area contributed by atoms with Crippen molar-refractivity contribution in [2.45, 2.75) is 39.7 Å². The number of nitrogens with two attached hydrogens (primary N) is 1. The van der Waals surface area contributed by atoms with E-state index >= 15 is 0 Å². The molecule has 3 aromatic rings. The average Bonchev–Trinajstić information content (AvgIpc) is 3.10. The molecule has 3 rings (SSSR count). The number of nitrogens with one attached hydrogen (secondary N) is 1. The molecule has 0 aliphatic heterocycles. The number of anilines is 2. The van der Waals surface area contributed by atoms with Crippen LogP contribution in [0.3, 0.4) is 0 Å². The Labute approximate surface area is 181 Å². The van der Waals surface area contributed by atoms with Gasteiger partial charge < -0.3 is 15.8 Å². The summed E-state index contributed by atoms with van der Waals surface area (Å²) in [5.41, 5.74) is 8.75. The van der Waals surface area contributed by atoms with Crippen LogP contribution < -0.4 is 15.8 Å². The van der Waals surface area contributed by atoms with Gasteiger partial charge in [0.2, 0.25) is 5.95 Å². The van der Waals surface area contributed by atoms with Crippen molar-refractivity contribution in [2.75, 3.05) is 11.9 Å². The summed E-state index contributed by atoms with van der Waals surface area (Å²) in [6, 6.07) is 9.45. The number of hydrogen-bond acceptors (Lipinski definition) is 8. The maximum Gasteiger partial charge on any atom is 0.229 e. The molecule has 1 atom stereocenters. The predicted molar refractivity (Wildman–Crippen MR) is 120 cm³/mol. The van der Waals surface area contributed by atoms with Crippen LogP contribution >= 0.6 is 11.3 Å². The van der Waals surface area contributed by atoms with E-state index in [0.717, 1.165) is 22.8 Å². The van der Waals surface area contributed by atoms with Gasteiger partial charge in [-0.1, -0.05) is 13.8 Å². The summed E-state index contributed by atoms with van der Waals surface area (Å²) in [5.74, 6) is 1.44. The van der Waals surface area contributed by atoms with Crippen LogP contribution in [0.25, 0.3) is 11.3 Å². The van der Waals surface area contributed by atoms with E-state index in [4.69, 9.17) is 10.5 Å². The molecule has 0 saturated carbocycles. The maximum atomic E-state index is 9.60. The number of aromatic nitrogens is 3. The van der Waals surface area contributed by atoms with Crippen LogP contribution in [0.4, 0.5) is 11.1 Å². The second-order valence-electron chi connectivity index (χ2n) is 8.05. The third-order valence-electron chi connectivity index (χ3n) is 4.32. The standard InChI is InChI=1S/C22H26N6OS/c1-14(2)10-22(4,24)13-29-19-6-5-16(9-17(19)11-23)18-7-8-25-20(27-18)28-21-26-15(3)12-30-21/h5-9,12,14H,10,13,24H2,1-4H3,(H,25,26,27,28)/t22-/m0/s1. The van der Waals surface area contributed by atoms with Crippen LogP contribution in [0.5, 0.6) is 5.75 Å². The van der Waals surface area contributed by atoms with E-state index in [1.165, 1.54) is 11.3 Å². The van der Waals surface area contributed by atoms with E-state index < -0.39 is 5.54 Å². The molecule has 0 amide bonds. The summed E-state index contributed by atoms with van der Waals surface area (Å²) < 4.78 is 5.89. The summed E-state index contributed by atoms with van der Waals surface area (Å²) in [7, 11) is 0. The summed E-state index contributed by atoms with van der Waals surface area (Å²) in [4.78, 5) is 13.2. The third kappa shape index (κ3) is 5.75. The molecule has 0 spiro atoms. The molecule has 0 fully saturated rings. The number of rotatable bonds is 8. The smallest absolute Gasteiger partial charge is 0.229 e. The highest BCUT2D eigenvalue weighted by atomic mass is 32.1. The molecule has 7 nitrogen and oxygen atoms in total. The van der Waals surface area contributed by atoms with Gasteiger partial charge in [0.25, 0.3) is 0 Å². The van der Waals surface area contributed by atoms with Gasteiger partial charge in [0.1, 0.15) is 18.4 Å². The average molecular weight is 423 g/mol. The van der Waals surface area contributed by atoms with Gasteiger partial charge in [0.15, 0.2) is 5.13 Å². The van der Waals surface area contributed by atoms with Gasteiger partial charge in [-0.2, -0.15) is 5.26 Å². The zero-order chi connectivity index (χ0) is 21.7. The van der Waals surface area contributed by atoms with E-state index in [2.05, 4.69) is 40.2 Å². The van der Waals surface area contributed by atoms with Crippen molar-refractivity contribution in [1.29, 1.82) is 5.26 Å². The van der Waals surface area contributed by atoms with Crippen molar-refractivity contribution in [3.63, 3.8) is 0 Å². The lowest BCUT2D eigenvalue weighted by atomic mass is 9.93. The summed E-state index contributed by atoms with van der Waals surface area (Å²) in [6.07, 6.45) is 2.51. The van der Waals surface area contributed by atoms with E-state index in [1.54, 1.807) is 24.4 Å². The largest absolute Gasteiger partial charge is 0.490 e. The van der Waals surface area contributed by atoms with Crippen molar-refractivity contribution < 1.29 is 4.74 Å². The minimum Gasteiger partial charge on any atom is -0.490 e. The Kier molecular flexibility index (Phi) is 6.65. The third-order valence-corrected chi connectivity index (χ3v) is 5.20. The van der Waals surface area contributed by atoms with E-state index in [0.29, 0.717) is 35.5 Å². The second kappa shape index (κ2) is 9.20. The van der Waals surface area contributed by atoms with Gasteiger partial charge in [-0.25, -0.2) is 15.0 Å². The van der Waals surface area contributed by atoms with Crippen LogP contribution in [0.15, 0.2) is 35.8 Å². The number of aryl methyl sites for hydroxylation is 1.